The van der Waals surface area contributed by atoms with Crippen molar-refractivity contribution in [1.82, 2.24) is 5.32 Å². The van der Waals surface area contributed by atoms with Gasteiger partial charge in [-0.1, -0.05) is 42.5 Å². The SMILES string of the molecule is COc1ccc(CC(CO)NCc2ccccc2)cc1. The van der Waals surface area contributed by atoms with Crippen LogP contribution in [0, 0.1) is 0 Å². The second-order valence-corrected chi connectivity index (χ2v) is 4.80. The lowest BCUT2D eigenvalue weighted by Crippen LogP contribution is -2.34. The number of rotatable bonds is 7. The van der Waals surface area contributed by atoms with E-state index in [9.17, 15) is 5.11 Å². The molecule has 0 aliphatic rings. The Bertz CT molecular complexity index is 496. The Morgan fingerprint density at radius 2 is 1.70 bits per heavy atom. The number of aliphatic hydroxyl groups excluding tert-OH is 1. The number of ether oxygens (including phenoxy) is 1. The minimum Gasteiger partial charge on any atom is -0.497 e. The maximum atomic E-state index is 9.48. The number of methoxy groups -OCH3 is 1. The molecule has 2 aromatic carbocycles. The van der Waals surface area contributed by atoms with Crippen LogP contribution in [0.1, 0.15) is 11.1 Å². The Morgan fingerprint density at radius 3 is 2.30 bits per heavy atom. The standard InChI is InChI=1S/C17H21NO2/c1-20-17-9-7-14(8-10-17)11-16(13-19)18-12-15-5-3-2-4-6-15/h2-10,16,18-19H,11-13H2,1H3. The van der Waals surface area contributed by atoms with Crippen molar-refractivity contribution in [2.75, 3.05) is 13.7 Å². The molecule has 3 heteroatoms. The van der Waals surface area contributed by atoms with Gasteiger partial charge in [-0.25, -0.2) is 0 Å². The fraction of sp³-hybridized carbons (Fsp3) is 0.294. The van der Waals surface area contributed by atoms with Gasteiger partial charge in [-0.3, -0.25) is 0 Å². The highest BCUT2D eigenvalue weighted by atomic mass is 16.5. The molecular formula is C17H21NO2. The van der Waals surface area contributed by atoms with E-state index in [4.69, 9.17) is 4.74 Å². The van der Waals surface area contributed by atoms with Crippen molar-refractivity contribution in [3.63, 3.8) is 0 Å². The van der Waals surface area contributed by atoms with E-state index in [1.165, 1.54) is 11.1 Å². The van der Waals surface area contributed by atoms with E-state index in [0.29, 0.717) is 0 Å². The van der Waals surface area contributed by atoms with Crippen LogP contribution in [-0.2, 0) is 13.0 Å². The third-order valence-electron chi connectivity index (χ3n) is 3.30. The van der Waals surface area contributed by atoms with E-state index in [1.807, 2.05) is 42.5 Å². The summed E-state index contributed by atoms with van der Waals surface area (Å²) >= 11 is 0. The van der Waals surface area contributed by atoms with Crippen LogP contribution in [0.3, 0.4) is 0 Å². The van der Waals surface area contributed by atoms with Crippen LogP contribution in [0.15, 0.2) is 54.6 Å². The summed E-state index contributed by atoms with van der Waals surface area (Å²) in [6.07, 6.45) is 0.799. The summed E-state index contributed by atoms with van der Waals surface area (Å²) in [5, 5.41) is 12.9. The number of hydrogen-bond donors (Lipinski definition) is 2. The van der Waals surface area contributed by atoms with Gasteiger partial charge in [0.25, 0.3) is 0 Å². The van der Waals surface area contributed by atoms with Gasteiger partial charge in [-0.05, 0) is 29.7 Å². The van der Waals surface area contributed by atoms with Gasteiger partial charge in [-0.15, -0.1) is 0 Å². The van der Waals surface area contributed by atoms with Crippen LogP contribution in [-0.4, -0.2) is 24.9 Å². The molecule has 0 aliphatic carbocycles. The molecule has 0 saturated heterocycles. The molecule has 0 aromatic heterocycles. The first-order valence-corrected chi connectivity index (χ1v) is 6.83. The van der Waals surface area contributed by atoms with Gasteiger partial charge in [0.2, 0.25) is 0 Å². The van der Waals surface area contributed by atoms with Crippen LogP contribution in [0.25, 0.3) is 0 Å². The van der Waals surface area contributed by atoms with Crippen molar-refractivity contribution in [3.05, 3.63) is 65.7 Å². The van der Waals surface area contributed by atoms with Crippen LogP contribution in [0.2, 0.25) is 0 Å². The van der Waals surface area contributed by atoms with Crippen LogP contribution >= 0.6 is 0 Å². The average molecular weight is 271 g/mol. The largest absolute Gasteiger partial charge is 0.497 e. The quantitative estimate of drug-likeness (QED) is 0.812. The summed E-state index contributed by atoms with van der Waals surface area (Å²) < 4.78 is 5.14. The first-order valence-electron chi connectivity index (χ1n) is 6.83. The van der Waals surface area contributed by atoms with Crippen molar-refractivity contribution in [3.8, 4) is 5.75 Å². The normalized spacial score (nSPS) is 12.1. The summed E-state index contributed by atoms with van der Waals surface area (Å²) in [6, 6.07) is 18.2. The molecule has 1 atom stereocenters. The molecule has 0 saturated carbocycles. The van der Waals surface area contributed by atoms with Gasteiger partial charge < -0.3 is 15.2 Å². The van der Waals surface area contributed by atoms with Gasteiger partial charge in [0.1, 0.15) is 5.75 Å². The van der Waals surface area contributed by atoms with Crippen LogP contribution in [0.4, 0.5) is 0 Å². The topological polar surface area (TPSA) is 41.5 Å². The maximum absolute atomic E-state index is 9.48. The summed E-state index contributed by atoms with van der Waals surface area (Å²) in [4.78, 5) is 0. The van der Waals surface area contributed by atoms with E-state index in [-0.39, 0.29) is 12.6 Å². The lowest BCUT2D eigenvalue weighted by atomic mass is 10.1. The molecular weight excluding hydrogens is 250 g/mol. The van der Waals surface area contributed by atoms with Gasteiger partial charge in [0.15, 0.2) is 0 Å². The smallest absolute Gasteiger partial charge is 0.118 e. The van der Waals surface area contributed by atoms with Gasteiger partial charge >= 0.3 is 0 Å². The van der Waals surface area contributed by atoms with E-state index in [0.717, 1.165) is 18.7 Å². The molecule has 0 bridgehead atoms. The van der Waals surface area contributed by atoms with Gasteiger partial charge in [-0.2, -0.15) is 0 Å². The number of benzene rings is 2. The minimum atomic E-state index is 0.0589. The van der Waals surface area contributed by atoms with Crippen molar-refractivity contribution in [2.45, 2.75) is 19.0 Å². The highest BCUT2D eigenvalue weighted by Gasteiger charge is 2.08. The third kappa shape index (κ3) is 4.37. The molecule has 0 fully saturated rings. The Labute approximate surface area is 120 Å². The van der Waals surface area contributed by atoms with E-state index in [1.54, 1.807) is 7.11 Å². The first kappa shape index (κ1) is 14.6. The minimum absolute atomic E-state index is 0.0589. The summed E-state index contributed by atoms with van der Waals surface area (Å²) in [7, 11) is 1.66. The summed E-state index contributed by atoms with van der Waals surface area (Å²) in [5.74, 6) is 0.853. The molecule has 0 aliphatic heterocycles. The average Bonchev–Trinajstić information content (AvgIpc) is 2.53. The number of aliphatic hydroxyl groups is 1. The Kier molecular flexibility index (Phi) is 5.59. The zero-order valence-corrected chi connectivity index (χ0v) is 11.8. The van der Waals surface area contributed by atoms with Gasteiger partial charge in [0.05, 0.1) is 13.7 Å². The van der Waals surface area contributed by atoms with E-state index >= 15 is 0 Å². The number of hydrogen-bond acceptors (Lipinski definition) is 3. The second kappa shape index (κ2) is 7.68. The molecule has 2 aromatic rings. The molecule has 0 spiro atoms. The Balaban J connectivity index is 1.88. The maximum Gasteiger partial charge on any atom is 0.118 e. The zero-order valence-electron chi connectivity index (χ0n) is 11.8. The third-order valence-corrected chi connectivity index (χ3v) is 3.30. The molecule has 1 unspecified atom stereocenters. The van der Waals surface area contributed by atoms with Crippen molar-refractivity contribution in [1.29, 1.82) is 0 Å². The molecule has 2 N–H and O–H groups in total. The molecule has 106 valence electrons. The monoisotopic (exact) mass is 271 g/mol. The molecule has 0 radical (unpaired) electrons. The molecule has 2 rings (SSSR count). The zero-order chi connectivity index (χ0) is 14.2. The van der Waals surface area contributed by atoms with E-state index < -0.39 is 0 Å². The van der Waals surface area contributed by atoms with Crippen molar-refractivity contribution in [2.24, 2.45) is 0 Å². The van der Waals surface area contributed by atoms with Crippen molar-refractivity contribution >= 4 is 0 Å². The lowest BCUT2D eigenvalue weighted by Gasteiger charge is -2.16. The fourth-order valence-electron chi connectivity index (χ4n) is 2.11. The fourth-order valence-corrected chi connectivity index (χ4v) is 2.11. The van der Waals surface area contributed by atoms with Crippen LogP contribution in [0.5, 0.6) is 5.75 Å². The predicted molar refractivity (Wildman–Crippen MR) is 80.9 cm³/mol. The first-order chi connectivity index (χ1) is 9.81. The Morgan fingerprint density at radius 1 is 1.00 bits per heavy atom. The van der Waals surface area contributed by atoms with Gasteiger partial charge in [0, 0.05) is 12.6 Å². The Hall–Kier alpha value is -1.84. The molecule has 0 heterocycles. The predicted octanol–water partition coefficient (Wildman–Crippen LogP) is 2.39. The summed E-state index contributed by atoms with van der Waals surface area (Å²) in [5.41, 5.74) is 2.41. The van der Waals surface area contributed by atoms with E-state index in [2.05, 4.69) is 17.4 Å². The summed E-state index contributed by atoms with van der Waals surface area (Å²) in [6.45, 7) is 0.890. The van der Waals surface area contributed by atoms with Crippen molar-refractivity contribution < 1.29 is 9.84 Å². The molecule has 3 nitrogen and oxygen atoms in total. The highest BCUT2D eigenvalue weighted by molar-refractivity contribution is 5.27. The number of nitrogens with one attached hydrogen (secondary N) is 1. The second-order valence-electron chi connectivity index (χ2n) is 4.80. The molecule has 20 heavy (non-hydrogen) atoms. The lowest BCUT2D eigenvalue weighted by molar-refractivity contribution is 0.241. The molecule has 0 amide bonds. The highest BCUT2D eigenvalue weighted by Crippen LogP contribution is 2.12. The van der Waals surface area contributed by atoms with Crippen LogP contribution < -0.4 is 10.1 Å².